The molecule has 0 atom stereocenters. The zero-order valence-electron chi connectivity index (χ0n) is 9.92. The first-order valence-corrected chi connectivity index (χ1v) is 5.98. The highest BCUT2D eigenvalue weighted by molar-refractivity contribution is 9.10. The van der Waals surface area contributed by atoms with Gasteiger partial charge in [0.25, 0.3) is 0 Å². The summed E-state index contributed by atoms with van der Waals surface area (Å²) in [4.78, 5) is 0. The molecule has 4 heteroatoms. The zero-order chi connectivity index (χ0) is 12.2. The fourth-order valence-corrected chi connectivity index (χ4v) is 1.89. The molecule has 0 aromatic heterocycles. The molecule has 0 fully saturated rings. The van der Waals surface area contributed by atoms with Gasteiger partial charge in [0.05, 0.1) is 19.3 Å². The van der Waals surface area contributed by atoms with E-state index in [1.807, 2.05) is 32.0 Å². The van der Waals surface area contributed by atoms with Crippen LogP contribution in [0.5, 0.6) is 5.75 Å². The first-order chi connectivity index (χ1) is 7.51. The Kier molecular flexibility index (Phi) is 4.77. The van der Waals surface area contributed by atoms with Crippen LogP contribution in [0.2, 0.25) is 0 Å². The normalized spacial score (nSPS) is 11.6. The second-order valence-electron chi connectivity index (χ2n) is 3.99. The van der Waals surface area contributed by atoms with Crippen LogP contribution in [0.3, 0.4) is 0 Å². The van der Waals surface area contributed by atoms with Crippen molar-refractivity contribution in [2.24, 2.45) is 5.73 Å². The topological polar surface area (TPSA) is 44.5 Å². The lowest BCUT2D eigenvalue weighted by Gasteiger charge is -2.27. The number of nitrogens with two attached hydrogens (primary N) is 1. The molecule has 0 bridgehead atoms. The summed E-state index contributed by atoms with van der Waals surface area (Å²) in [6.45, 7) is 5.07. The van der Waals surface area contributed by atoms with E-state index in [-0.39, 0.29) is 0 Å². The van der Waals surface area contributed by atoms with Crippen LogP contribution in [0, 0.1) is 0 Å². The van der Waals surface area contributed by atoms with E-state index in [9.17, 15) is 0 Å². The molecule has 0 radical (unpaired) electrons. The van der Waals surface area contributed by atoms with E-state index in [1.54, 1.807) is 7.11 Å². The Morgan fingerprint density at radius 2 is 2.06 bits per heavy atom. The molecule has 1 rings (SSSR count). The van der Waals surface area contributed by atoms with Gasteiger partial charge in [-0.3, -0.25) is 0 Å². The molecule has 0 amide bonds. The number of halogens is 1. The van der Waals surface area contributed by atoms with E-state index in [0.29, 0.717) is 13.2 Å². The lowest BCUT2D eigenvalue weighted by molar-refractivity contribution is -0.0186. The molecule has 16 heavy (non-hydrogen) atoms. The highest BCUT2D eigenvalue weighted by Crippen LogP contribution is 2.34. The SMILES string of the molecule is COc1cc(Br)ccc1C(C)(C)OCCN. The van der Waals surface area contributed by atoms with Crippen molar-refractivity contribution in [2.45, 2.75) is 19.4 Å². The summed E-state index contributed by atoms with van der Waals surface area (Å²) in [7, 11) is 1.66. The van der Waals surface area contributed by atoms with E-state index < -0.39 is 5.60 Å². The molecule has 90 valence electrons. The first kappa shape index (κ1) is 13.5. The molecule has 0 heterocycles. The molecule has 3 nitrogen and oxygen atoms in total. The third-order valence-corrected chi connectivity index (χ3v) is 2.89. The Labute approximate surface area is 105 Å². The van der Waals surface area contributed by atoms with Crippen molar-refractivity contribution in [3.8, 4) is 5.75 Å². The lowest BCUT2D eigenvalue weighted by Crippen LogP contribution is -2.25. The Hall–Kier alpha value is -0.580. The molecular formula is C12H18BrNO2. The van der Waals surface area contributed by atoms with Gasteiger partial charge in [0, 0.05) is 16.6 Å². The fraction of sp³-hybridized carbons (Fsp3) is 0.500. The van der Waals surface area contributed by atoms with E-state index in [4.69, 9.17) is 15.2 Å². The number of benzene rings is 1. The minimum Gasteiger partial charge on any atom is -0.496 e. The van der Waals surface area contributed by atoms with Gasteiger partial charge in [-0.1, -0.05) is 22.0 Å². The molecule has 0 aliphatic heterocycles. The molecular weight excluding hydrogens is 270 g/mol. The van der Waals surface area contributed by atoms with Gasteiger partial charge >= 0.3 is 0 Å². The fourth-order valence-electron chi connectivity index (χ4n) is 1.55. The minimum atomic E-state index is -0.397. The first-order valence-electron chi connectivity index (χ1n) is 5.19. The second kappa shape index (κ2) is 5.66. The number of ether oxygens (including phenoxy) is 2. The summed E-state index contributed by atoms with van der Waals surface area (Å²) in [5, 5.41) is 0. The molecule has 0 saturated carbocycles. The predicted octanol–water partition coefficient (Wildman–Crippen LogP) is 2.67. The molecule has 0 saturated heterocycles. The van der Waals surface area contributed by atoms with Gasteiger partial charge in [-0.05, 0) is 26.0 Å². The van der Waals surface area contributed by atoms with Gasteiger partial charge in [-0.25, -0.2) is 0 Å². The van der Waals surface area contributed by atoms with Crippen molar-refractivity contribution in [3.63, 3.8) is 0 Å². The molecule has 1 aromatic rings. The summed E-state index contributed by atoms with van der Waals surface area (Å²) >= 11 is 3.42. The smallest absolute Gasteiger partial charge is 0.126 e. The maximum Gasteiger partial charge on any atom is 0.126 e. The van der Waals surface area contributed by atoms with Crippen LogP contribution in [0.4, 0.5) is 0 Å². The molecule has 1 aromatic carbocycles. The van der Waals surface area contributed by atoms with Crippen molar-refractivity contribution in [3.05, 3.63) is 28.2 Å². The van der Waals surface area contributed by atoms with E-state index in [2.05, 4.69) is 15.9 Å². The number of hydrogen-bond acceptors (Lipinski definition) is 3. The molecule has 2 N–H and O–H groups in total. The van der Waals surface area contributed by atoms with Crippen LogP contribution in [0.1, 0.15) is 19.4 Å². The van der Waals surface area contributed by atoms with Crippen LogP contribution in [0.15, 0.2) is 22.7 Å². The Balaban J connectivity index is 3.01. The van der Waals surface area contributed by atoms with Crippen LogP contribution in [-0.2, 0) is 10.3 Å². The predicted molar refractivity (Wildman–Crippen MR) is 68.7 cm³/mol. The van der Waals surface area contributed by atoms with Gasteiger partial charge in [-0.15, -0.1) is 0 Å². The van der Waals surface area contributed by atoms with Gasteiger partial charge in [0.2, 0.25) is 0 Å². The largest absolute Gasteiger partial charge is 0.496 e. The average molecular weight is 288 g/mol. The zero-order valence-corrected chi connectivity index (χ0v) is 11.5. The number of rotatable bonds is 5. The van der Waals surface area contributed by atoms with Crippen molar-refractivity contribution in [1.29, 1.82) is 0 Å². The van der Waals surface area contributed by atoms with Gasteiger partial charge < -0.3 is 15.2 Å². The molecule has 0 spiro atoms. The van der Waals surface area contributed by atoms with Gasteiger partial charge in [-0.2, -0.15) is 0 Å². The van der Waals surface area contributed by atoms with Crippen LogP contribution in [0.25, 0.3) is 0 Å². The summed E-state index contributed by atoms with van der Waals surface area (Å²) < 4.78 is 12.1. The molecule has 0 aliphatic carbocycles. The summed E-state index contributed by atoms with van der Waals surface area (Å²) in [5.41, 5.74) is 6.07. The third kappa shape index (κ3) is 3.20. The standard InChI is InChI=1S/C12H18BrNO2/c1-12(2,16-7-6-14)10-5-4-9(13)8-11(10)15-3/h4-5,8H,6-7,14H2,1-3H3. The average Bonchev–Trinajstić information content (AvgIpc) is 2.26. The van der Waals surface area contributed by atoms with E-state index >= 15 is 0 Å². The molecule has 0 aliphatic rings. The van der Waals surface area contributed by atoms with Gasteiger partial charge in [0.15, 0.2) is 0 Å². The maximum absolute atomic E-state index is 5.73. The van der Waals surface area contributed by atoms with Crippen LogP contribution < -0.4 is 10.5 Å². The highest BCUT2D eigenvalue weighted by Gasteiger charge is 2.24. The van der Waals surface area contributed by atoms with Crippen molar-refractivity contribution in [1.82, 2.24) is 0 Å². The quantitative estimate of drug-likeness (QED) is 0.906. The second-order valence-corrected chi connectivity index (χ2v) is 4.91. The lowest BCUT2D eigenvalue weighted by atomic mass is 9.97. The summed E-state index contributed by atoms with van der Waals surface area (Å²) in [5.74, 6) is 0.816. The van der Waals surface area contributed by atoms with Crippen molar-refractivity contribution in [2.75, 3.05) is 20.3 Å². The van der Waals surface area contributed by atoms with Crippen LogP contribution >= 0.6 is 15.9 Å². The summed E-state index contributed by atoms with van der Waals surface area (Å²) in [6.07, 6.45) is 0. The Morgan fingerprint density at radius 1 is 1.38 bits per heavy atom. The monoisotopic (exact) mass is 287 g/mol. The van der Waals surface area contributed by atoms with Crippen molar-refractivity contribution < 1.29 is 9.47 Å². The highest BCUT2D eigenvalue weighted by atomic mass is 79.9. The number of methoxy groups -OCH3 is 1. The Bertz CT molecular complexity index is 353. The minimum absolute atomic E-state index is 0.397. The third-order valence-electron chi connectivity index (χ3n) is 2.39. The number of hydrogen-bond donors (Lipinski definition) is 1. The maximum atomic E-state index is 5.73. The van der Waals surface area contributed by atoms with E-state index in [1.165, 1.54) is 0 Å². The summed E-state index contributed by atoms with van der Waals surface area (Å²) in [6, 6.07) is 5.91. The van der Waals surface area contributed by atoms with Crippen LogP contribution in [-0.4, -0.2) is 20.3 Å². The van der Waals surface area contributed by atoms with Gasteiger partial charge in [0.1, 0.15) is 5.75 Å². The molecule has 0 unspecified atom stereocenters. The Morgan fingerprint density at radius 3 is 2.62 bits per heavy atom. The van der Waals surface area contributed by atoms with Crippen molar-refractivity contribution >= 4 is 15.9 Å². The van der Waals surface area contributed by atoms with E-state index in [0.717, 1.165) is 15.8 Å².